The van der Waals surface area contributed by atoms with E-state index in [0.29, 0.717) is 18.2 Å². The molecule has 0 saturated heterocycles. The van der Waals surface area contributed by atoms with Crippen LogP contribution in [0.5, 0.6) is 5.88 Å². The van der Waals surface area contributed by atoms with E-state index in [1.165, 1.54) is 0 Å². The summed E-state index contributed by atoms with van der Waals surface area (Å²) in [6, 6.07) is 3.75. The molecule has 1 N–H and O–H groups in total. The van der Waals surface area contributed by atoms with Gasteiger partial charge in [-0.25, -0.2) is 9.97 Å². The van der Waals surface area contributed by atoms with Gasteiger partial charge in [0, 0.05) is 25.0 Å². The fraction of sp³-hybridized carbons (Fsp3) is 0.182. The largest absolute Gasteiger partial charge is 0.481 e. The number of aromatic nitrogens is 3. The number of hydrogen-bond donors (Lipinski definition) is 1. The van der Waals surface area contributed by atoms with Crippen molar-refractivity contribution in [1.82, 2.24) is 15.0 Å². The van der Waals surface area contributed by atoms with Crippen LogP contribution in [0.4, 0.5) is 5.82 Å². The number of nitrogens with zero attached hydrogens (tertiary/aromatic N) is 3. The van der Waals surface area contributed by atoms with Crippen LogP contribution in [0.1, 0.15) is 5.56 Å². The van der Waals surface area contributed by atoms with E-state index in [2.05, 4.69) is 36.2 Å². The average molecular weight is 330 g/mol. The molecule has 0 aromatic carbocycles. The third-order valence-electron chi connectivity index (χ3n) is 2.18. The van der Waals surface area contributed by atoms with Crippen molar-refractivity contribution in [3.63, 3.8) is 0 Å². The van der Waals surface area contributed by atoms with E-state index >= 15 is 0 Å². The summed E-state index contributed by atoms with van der Waals surface area (Å²) in [6.45, 7) is 0.588. The molecule has 2 aromatic rings. The molecular formula is C11H10BrClN4O. The zero-order valence-electron chi connectivity index (χ0n) is 9.52. The molecule has 0 fully saturated rings. The van der Waals surface area contributed by atoms with Crippen LogP contribution >= 0.6 is 27.5 Å². The summed E-state index contributed by atoms with van der Waals surface area (Å²) >= 11 is 9.08. The summed E-state index contributed by atoms with van der Waals surface area (Å²) in [7, 11) is 1.58. The standard InChI is InChI=1S/C11H10BrClN4O/c1-18-9-4-7(2-3-14-9)5-15-10-8(12)6-16-11(13)17-10/h2-4,6H,5H2,1H3,(H,15,16,17). The Kier molecular flexibility index (Phi) is 4.33. The lowest BCUT2D eigenvalue weighted by atomic mass is 10.2. The zero-order valence-corrected chi connectivity index (χ0v) is 11.9. The third kappa shape index (κ3) is 3.30. The minimum atomic E-state index is 0.202. The SMILES string of the molecule is COc1cc(CNc2nc(Cl)ncc2Br)ccn1. The third-order valence-corrected chi connectivity index (χ3v) is 2.95. The maximum absolute atomic E-state index is 5.73. The van der Waals surface area contributed by atoms with Crippen LogP contribution in [0.3, 0.4) is 0 Å². The molecule has 0 aliphatic rings. The van der Waals surface area contributed by atoms with Gasteiger partial charge in [-0.15, -0.1) is 0 Å². The fourth-order valence-electron chi connectivity index (χ4n) is 1.33. The molecular weight excluding hydrogens is 320 g/mol. The average Bonchev–Trinajstić information content (AvgIpc) is 2.40. The summed E-state index contributed by atoms with van der Waals surface area (Å²) in [5.41, 5.74) is 1.03. The van der Waals surface area contributed by atoms with Crippen molar-refractivity contribution in [2.75, 3.05) is 12.4 Å². The van der Waals surface area contributed by atoms with Crippen LogP contribution in [0.15, 0.2) is 29.0 Å². The first kappa shape index (κ1) is 13.0. The summed E-state index contributed by atoms with van der Waals surface area (Å²) in [6.07, 6.45) is 3.29. The van der Waals surface area contributed by atoms with Gasteiger partial charge in [-0.3, -0.25) is 0 Å². The Hall–Kier alpha value is -1.40. The molecule has 5 nitrogen and oxygen atoms in total. The van der Waals surface area contributed by atoms with Crippen molar-refractivity contribution in [1.29, 1.82) is 0 Å². The molecule has 0 atom stereocenters. The van der Waals surface area contributed by atoms with Gasteiger partial charge in [0.1, 0.15) is 5.82 Å². The zero-order chi connectivity index (χ0) is 13.0. The Morgan fingerprint density at radius 1 is 1.44 bits per heavy atom. The van der Waals surface area contributed by atoms with Crippen molar-refractivity contribution in [3.05, 3.63) is 39.8 Å². The quantitative estimate of drug-likeness (QED) is 0.874. The van der Waals surface area contributed by atoms with E-state index in [-0.39, 0.29) is 5.28 Å². The molecule has 0 aliphatic heterocycles. The van der Waals surface area contributed by atoms with Crippen LogP contribution in [-0.4, -0.2) is 22.1 Å². The topological polar surface area (TPSA) is 59.9 Å². The Labute approximate surface area is 118 Å². The van der Waals surface area contributed by atoms with Gasteiger partial charge in [-0.1, -0.05) is 0 Å². The maximum Gasteiger partial charge on any atom is 0.224 e. The lowest BCUT2D eigenvalue weighted by molar-refractivity contribution is 0.397. The smallest absolute Gasteiger partial charge is 0.224 e. The van der Waals surface area contributed by atoms with E-state index in [0.717, 1.165) is 10.0 Å². The Morgan fingerprint density at radius 3 is 3.06 bits per heavy atom. The van der Waals surface area contributed by atoms with Crippen LogP contribution in [0.25, 0.3) is 0 Å². The Balaban J connectivity index is 2.08. The number of methoxy groups -OCH3 is 1. The second-order valence-electron chi connectivity index (χ2n) is 3.40. The van der Waals surface area contributed by atoms with Gasteiger partial charge in [0.2, 0.25) is 11.2 Å². The van der Waals surface area contributed by atoms with Crippen LogP contribution in [-0.2, 0) is 6.54 Å². The second kappa shape index (κ2) is 5.97. The number of rotatable bonds is 4. The molecule has 2 rings (SSSR count). The number of nitrogens with one attached hydrogen (secondary N) is 1. The van der Waals surface area contributed by atoms with Gasteiger partial charge in [-0.05, 0) is 39.2 Å². The Morgan fingerprint density at radius 2 is 2.28 bits per heavy atom. The molecule has 2 aromatic heterocycles. The van der Waals surface area contributed by atoms with Crippen molar-refractivity contribution in [3.8, 4) is 5.88 Å². The van der Waals surface area contributed by atoms with Crippen molar-refractivity contribution < 1.29 is 4.74 Å². The summed E-state index contributed by atoms with van der Waals surface area (Å²) in [4.78, 5) is 12.0. The number of halogens is 2. The van der Waals surface area contributed by atoms with Crippen molar-refractivity contribution >= 4 is 33.3 Å². The minimum Gasteiger partial charge on any atom is -0.481 e. The van der Waals surface area contributed by atoms with Gasteiger partial charge in [0.05, 0.1) is 11.6 Å². The molecule has 0 bridgehead atoms. The molecule has 0 spiro atoms. The number of anilines is 1. The van der Waals surface area contributed by atoms with Gasteiger partial charge in [0.15, 0.2) is 0 Å². The van der Waals surface area contributed by atoms with Crippen LogP contribution < -0.4 is 10.1 Å². The molecule has 0 radical (unpaired) electrons. The molecule has 18 heavy (non-hydrogen) atoms. The second-order valence-corrected chi connectivity index (χ2v) is 4.59. The monoisotopic (exact) mass is 328 g/mol. The normalized spacial score (nSPS) is 10.2. The van der Waals surface area contributed by atoms with E-state index in [4.69, 9.17) is 16.3 Å². The minimum absolute atomic E-state index is 0.202. The highest BCUT2D eigenvalue weighted by Gasteiger charge is 2.04. The molecule has 94 valence electrons. The van der Waals surface area contributed by atoms with E-state index in [1.807, 2.05) is 12.1 Å². The van der Waals surface area contributed by atoms with Crippen molar-refractivity contribution in [2.24, 2.45) is 0 Å². The first-order valence-electron chi connectivity index (χ1n) is 5.10. The number of hydrogen-bond acceptors (Lipinski definition) is 5. The summed E-state index contributed by atoms with van der Waals surface area (Å²) in [5, 5.41) is 3.36. The first-order valence-corrected chi connectivity index (χ1v) is 6.27. The lowest BCUT2D eigenvalue weighted by Gasteiger charge is -2.08. The summed E-state index contributed by atoms with van der Waals surface area (Å²) in [5.74, 6) is 1.22. The molecule has 0 saturated carbocycles. The highest BCUT2D eigenvalue weighted by atomic mass is 79.9. The summed E-state index contributed by atoms with van der Waals surface area (Å²) < 4.78 is 5.81. The van der Waals surface area contributed by atoms with E-state index < -0.39 is 0 Å². The Bertz CT molecular complexity index is 552. The molecule has 7 heteroatoms. The predicted molar refractivity (Wildman–Crippen MR) is 72.9 cm³/mol. The number of pyridine rings is 1. The van der Waals surface area contributed by atoms with E-state index in [9.17, 15) is 0 Å². The van der Waals surface area contributed by atoms with Gasteiger partial charge in [0.25, 0.3) is 0 Å². The highest BCUT2D eigenvalue weighted by Crippen LogP contribution is 2.21. The highest BCUT2D eigenvalue weighted by molar-refractivity contribution is 9.10. The maximum atomic E-state index is 5.73. The van der Waals surface area contributed by atoms with Gasteiger partial charge in [-0.2, -0.15) is 4.98 Å². The molecule has 0 amide bonds. The predicted octanol–water partition coefficient (Wildman–Crippen LogP) is 2.91. The molecule has 0 aliphatic carbocycles. The van der Waals surface area contributed by atoms with Crippen LogP contribution in [0.2, 0.25) is 5.28 Å². The molecule has 0 unspecified atom stereocenters. The number of ether oxygens (including phenoxy) is 1. The molecule has 2 heterocycles. The lowest BCUT2D eigenvalue weighted by Crippen LogP contribution is -2.03. The van der Waals surface area contributed by atoms with Crippen LogP contribution in [0, 0.1) is 0 Å². The first-order chi connectivity index (χ1) is 8.69. The van der Waals surface area contributed by atoms with Gasteiger partial charge >= 0.3 is 0 Å². The van der Waals surface area contributed by atoms with Crippen molar-refractivity contribution in [2.45, 2.75) is 6.54 Å². The fourth-order valence-corrected chi connectivity index (χ4v) is 1.79. The van der Waals surface area contributed by atoms with Gasteiger partial charge < -0.3 is 10.1 Å². The van der Waals surface area contributed by atoms with E-state index in [1.54, 1.807) is 19.5 Å².